The number of amides is 1. The number of aryl methyl sites for hydroxylation is 2. The highest BCUT2D eigenvalue weighted by Crippen LogP contribution is 2.32. The zero-order valence-electron chi connectivity index (χ0n) is 18.8. The molecule has 3 rings (SSSR count). The fraction of sp³-hybridized carbons (Fsp3) is 0.208. The number of ether oxygens (including phenoxy) is 2. The average molecular weight is 473 g/mol. The minimum atomic E-state index is -4.22. The first kappa shape index (κ1) is 24.1. The van der Waals surface area contributed by atoms with Gasteiger partial charge in [-0.25, -0.2) is 12.8 Å². The second-order valence-corrected chi connectivity index (χ2v) is 9.23. The fourth-order valence-corrected chi connectivity index (χ4v) is 4.65. The molecule has 9 heteroatoms. The van der Waals surface area contributed by atoms with Gasteiger partial charge < -0.3 is 14.8 Å². The molecule has 0 heterocycles. The predicted octanol–water partition coefficient (Wildman–Crippen LogP) is 4.29. The Morgan fingerprint density at radius 2 is 1.61 bits per heavy atom. The van der Waals surface area contributed by atoms with Crippen molar-refractivity contribution in [3.05, 3.63) is 77.6 Å². The Morgan fingerprint density at radius 1 is 0.939 bits per heavy atom. The number of anilines is 2. The SMILES string of the molecule is COc1ccc(S(=O)(=O)N(CC(=O)Nc2cc(C)ccc2C)c2ccc(F)cc2)cc1OC. The molecule has 0 fully saturated rings. The number of nitrogens with zero attached hydrogens (tertiary/aromatic N) is 1. The molecule has 0 aliphatic carbocycles. The molecule has 3 aromatic rings. The van der Waals surface area contributed by atoms with Crippen LogP contribution in [0.15, 0.2) is 65.6 Å². The Morgan fingerprint density at radius 3 is 2.24 bits per heavy atom. The van der Waals surface area contributed by atoms with E-state index in [1.807, 2.05) is 26.0 Å². The van der Waals surface area contributed by atoms with Gasteiger partial charge in [0, 0.05) is 11.8 Å². The molecule has 1 N–H and O–H groups in total. The summed E-state index contributed by atoms with van der Waals surface area (Å²) in [6.45, 7) is 3.21. The number of hydrogen-bond acceptors (Lipinski definition) is 5. The summed E-state index contributed by atoms with van der Waals surface area (Å²) in [7, 11) is -1.38. The van der Waals surface area contributed by atoms with Crippen molar-refractivity contribution >= 4 is 27.3 Å². The van der Waals surface area contributed by atoms with Crippen molar-refractivity contribution in [2.75, 3.05) is 30.4 Å². The molecule has 0 aliphatic rings. The lowest BCUT2D eigenvalue weighted by molar-refractivity contribution is -0.114. The summed E-state index contributed by atoms with van der Waals surface area (Å²) >= 11 is 0. The monoisotopic (exact) mass is 472 g/mol. The second-order valence-electron chi connectivity index (χ2n) is 7.37. The van der Waals surface area contributed by atoms with Crippen molar-refractivity contribution in [1.29, 1.82) is 0 Å². The van der Waals surface area contributed by atoms with Crippen molar-refractivity contribution in [3.8, 4) is 11.5 Å². The van der Waals surface area contributed by atoms with Crippen molar-refractivity contribution in [2.24, 2.45) is 0 Å². The van der Waals surface area contributed by atoms with Gasteiger partial charge in [-0.05, 0) is 67.4 Å². The fourth-order valence-electron chi connectivity index (χ4n) is 3.22. The summed E-state index contributed by atoms with van der Waals surface area (Å²) in [4.78, 5) is 12.8. The third-order valence-electron chi connectivity index (χ3n) is 5.01. The van der Waals surface area contributed by atoms with Gasteiger partial charge >= 0.3 is 0 Å². The van der Waals surface area contributed by atoms with E-state index in [1.54, 1.807) is 6.07 Å². The molecule has 3 aromatic carbocycles. The molecule has 1 amide bonds. The molecule has 0 aromatic heterocycles. The maximum atomic E-state index is 13.6. The predicted molar refractivity (Wildman–Crippen MR) is 125 cm³/mol. The van der Waals surface area contributed by atoms with Crippen LogP contribution in [0.2, 0.25) is 0 Å². The summed E-state index contributed by atoms with van der Waals surface area (Å²) < 4.78 is 51.9. The molecule has 0 unspecified atom stereocenters. The molecule has 33 heavy (non-hydrogen) atoms. The highest BCUT2D eigenvalue weighted by atomic mass is 32.2. The average Bonchev–Trinajstić information content (AvgIpc) is 2.80. The zero-order valence-corrected chi connectivity index (χ0v) is 19.6. The molecule has 174 valence electrons. The van der Waals surface area contributed by atoms with E-state index in [0.29, 0.717) is 11.4 Å². The van der Waals surface area contributed by atoms with Crippen LogP contribution in [0.5, 0.6) is 11.5 Å². The van der Waals surface area contributed by atoms with Gasteiger partial charge in [0.25, 0.3) is 10.0 Å². The minimum absolute atomic E-state index is 0.107. The quantitative estimate of drug-likeness (QED) is 0.529. The first-order valence-corrected chi connectivity index (χ1v) is 11.5. The van der Waals surface area contributed by atoms with Gasteiger partial charge in [-0.3, -0.25) is 9.10 Å². The lowest BCUT2D eigenvalue weighted by atomic mass is 10.1. The van der Waals surface area contributed by atoms with Crippen LogP contribution in [-0.2, 0) is 14.8 Å². The summed E-state index contributed by atoms with van der Waals surface area (Å²) in [5.74, 6) is -0.492. The molecular weight excluding hydrogens is 447 g/mol. The normalized spacial score (nSPS) is 11.1. The molecule has 0 bridgehead atoms. The Kier molecular flexibility index (Phi) is 7.23. The first-order valence-electron chi connectivity index (χ1n) is 10.0. The number of sulfonamides is 1. The van der Waals surface area contributed by atoms with E-state index in [9.17, 15) is 17.6 Å². The van der Waals surface area contributed by atoms with E-state index >= 15 is 0 Å². The van der Waals surface area contributed by atoms with E-state index in [4.69, 9.17) is 9.47 Å². The van der Waals surface area contributed by atoms with E-state index in [0.717, 1.165) is 27.6 Å². The molecule has 0 radical (unpaired) electrons. The van der Waals surface area contributed by atoms with Crippen LogP contribution in [0.4, 0.5) is 15.8 Å². The molecule has 0 spiro atoms. The molecule has 0 saturated carbocycles. The first-order chi connectivity index (χ1) is 15.6. The Hall–Kier alpha value is -3.59. The van der Waals surface area contributed by atoms with Gasteiger partial charge in [0.05, 0.1) is 24.8 Å². The molecule has 0 aliphatic heterocycles. The topological polar surface area (TPSA) is 84.9 Å². The summed E-state index contributed by atoms with van der Waals surface area (Å²) in [6.07, 6.45) is 0. The molecule has 0 saturated heterocycles. The third-order valence-corrected chi connectivity index (χ3v) is 6.78. The number of carbonyl (C=O) groups excluding carboxylic acids is 1. The van der Waals surface area contributed by atoms with Crippen LogP contribution < -0.4 is 19.1 Å². The van der Waals surface area contributed by atoms with Crippen molar-refractivity contribution in [2.45, 2.75) is 18.7 Å². The largest absolute Gasteiger partial charge is 0.493 e. The highest BCUT2D eigenvalue weighted by molar-refractivity contribution is 7.92. The van der Waals surface area contributed by atoms with Gasteiger partial charge in [-0.1, -0.05) is 12.1 Å². The minimum Gasteiger partial charge on any atom is -0.493 e. The van der Waals surface area contributed by atoms with Crippen molar-refractivity contribution in [1.82, 2.24) is 0 Å². The van der Waals surface area contributed by atoms with E-state index in [2.05, 4.69) is 5.32 Å². The number of rotatable bonds is 8. The van der Waals surface area contributed by atoms with Crippen LogP contribution in [0.1, 0.15) is 11.1 Å². The molecule has 7 nitrogen and oxygen atoms in total. The van der Waals surface area contributed by atoms with Crippen LogP contribution in [0.25, 0.3) is 0 Å². The van der Waals surface area contributed by atoms with Crippen LogP contribution in [0, 0.1) is 19.7 Å². The Labute approximate surface area is 192 Å². The molecular formula is C24H25FN2O5S. The highest BCUT2D eigenvalue weighted by Gasteiger charge is 2.28. The molecule has 0 atom stereocenters. The Bertz CT molecular complexity index is 1260. The van der Waals surface area contributed by atoms with Gasteiger partial charge in [-0.15, -0.1) is 0 Å². The van der Waals surface area contributed by atoms with E-state index < -0.39 is 28.3 Å². The standard InChI is InChI=1S/C24H25FN2O5S/c1-16-5-6-17(2)21(13-16)26-24(28)15-27(19-9-7-18(25)8-10-19)33(29,30)20-11-12-22(31-3)23(14-20)32-4/h5-14H,15H2,1-4H3,(H,26,28). The smallest absolute Gasteiger partial charge is 0.264 e. The van der Waals surface area contributed by atoms with E-state index in [-0.39, 0.29) is 16.3 Å². The van der Waals surface area contributed by atoms with Crippen molar-refractivity contribution in [3.63, 3.8) is 0 Å². The number of halogens is 1. The van der Waals surface area contributed by atoms with Crippen LogP contribution >= 0.6 is 0 Å². The van der Waals surface area contributed by atoms with Crippen LogP contribution in [0.3, 0.4) is 0 Å². The van der Waals surface area contributed by atoms with Gasteiger partial charge in [0.15, 0.2) is 11.5 Å². The summed E-state index contributed by atoms with van der Waals surface area (Å²) in [6, 6.07) is 14.6. The lowest BCUT2D eigenvalue weighted by Crippen LogP contribution is -2.38. The number of methoxy groups -OCH3 is 2. The van der Waals surface area contributed by atoms with Gasteiger partial charge in [0.2, 0.25) is 5.91 Å². The Balaban J connectivity index is 2.00. The lowest BCUT2D eigenvalue weighted by Gasteiger charge is -2.24. The maximum Gasteiger partial charge on any atom is 0.264 e. The van der Waals surface area contributed by atoms with Gasteiger partial charge in [0.1, 0.15) is 12.4 Å². The third kappa shape index (κ3) is 5.43. The van der Waals surface area contributed by atoms with Gasteiger partial charge in [-0.2, -0.15) is 0 Å². The number of nitrogens with one attached hydrogen (secondary N) is 1. The second kappa shape index (κ2) is 9.91. The maximum absolute atomic E-state index is 13.6. The summed E-state index contributed by atoms with van der Waals surface area (Å²) in [5, 5.41) is 2.76. The summed E-state index contributed by atoms with van der Waals surface area (Å²) in [5.41, 5.74) is 2.51. The number of carbonyl (C=O) groups is 1. The van der Waals surface area contributed by atoms with Crippen molar-refractivity contribution < 1.29 is 27.1 Å². The number of benzene rings is 3. The van der Waals surface area contributed by atoms with Crippen LogP contribution in [-0.4, -0.2) is 35.1 Å². The van der Waals surface area contributed by atoms with E-state index in [1.165, 1.54) is 44.6 Å². The zero-order chi connectivity index (χ0) is 24.2. The number of hydrogen-bond donors (Lipinski definition) is 1.